The van der Waals surface area contributed by atoms with Crippen LogP contribution in [0.5, 0.6) is 5.75 Å². The van der Waals surface area contributed by atoms with Crippen molar-refractivity contribution in [3.63, 3.8) is 0 Å². The number of hydrogen-bond donors (Lipinski definition) is 1. The molecule has 24 heavy (non-hydrogen) atoms. The van der Waals surface area contributed by atoms with Crippen molar-refractivity contribution in [3.05, 3.63) is 65.2 Å². The van der Waals surface area contributed by atoms with Crippen molar-refractivity contribution < 1.29 is 13.5 Å². The number of phenolic OH excluding ortho intramolecular Hbond substituents is 1. The molecule has 2 aromatic rings. The summed E-state index contributed by atoms with van der Waals surface area (Å²) >= 11 is 0. The Morgan fingerprint density at radius 2 is 1.83 bits per heavy atom. The predicted octanol–water partition coefficient (Wildman–Crippen LogP) is 2.93. The van der Waals surface area contributed by atoms with Gasteiger partial charge >= 0.3 is 0 Å². The molecule has 0 fully saturated rings. The Bertz CT molecular complexity index is 898. The first-order chi connectivity index (χ1) is 11.4. The first kappa shape index (κ1) is 16.7. The van der Waals surface area contributed by atoms with Crippen molar-refractivity contribution in [2.45, 2.75) is 11.3 Å². The standard InChI is InChI=1S/C19H21NO3S/c1-20(2)13-15-10-11-24(22,23)18-9-4-3-8-17(18)19(15)14-6-5-7-16(21)12-14/h3-9,12,21H,10-11,13H2,1-2H3. The second-order valence-corrected chi connectivity index (χ2v) is 8.41. The Labute approximate surface area is 143 Å². The smallest absolute Gasteiger partial charge is 0.179 e. The summed E-state index contributed by atoms with van der Waals surface area (Å²) in [6.45, 7) is 0.675. The average molecular weight is 343 g/mol. The Morgan fingerprint density at radius 1 is 1.08 bits per heavy atom. The maximum Gasteiger partial charge on any atom is 0.179 e. The molecule has 0 unspecified atom stereocenters. The molecule has 1 N–H and O–H groups in total. The van der Waals surface area contributed by atoms with E-state index in [0.717, 1.165) is 22.3 Å². The zero-order chi connectivity index (χ0) is 17.3. The largest absolute Gasteiger partial charge is 0.508 e. The molecular weight excluding hydrogens is 322 g/mol. The van der Waals surface area contributed by atoms with E-state index in [-0.39, 0.29) is 11.5 Å². The van der Waals surface area contributed by atoms with E-state index in [4.69, 9.17) is 0 Å². The van der Waals surface area contributed by atoms with E-state index in [0.29, 0.717) is 17.9 Å². The lowest BCUT2D eigenvalue weighted by Crippen LogP contribution is -2.17. The van der Waals surface area contributed by atoms with E-state index in [1.54, 1.807) is 30.3 Å². The molecule has 126 valence electrons. The zero-order valence-electron chi connectivity index (χ0n) is 13.9. The Kier molecular flexibility index (Phi) is 4.47. The number of phenols is 1. The number of fused-ring (bicyclic) bond motifs is 1. The van der Waals surface area contributed by atoms with Crippen LogP contribution in [-0.4, -0.2) is 44.8 Å². The van der Waals surface area contributed by atoms with E-state index in [1.807, 2.05) is 37.2 Å². The minimum atomic E-state index is -3.32. The number of nitrogens with zero attached hydrogens (tertiary/aromatic N) is 1. The third-order valence-corrected chi connectivity index (χ3v) is 5.93. The maximum absolute atomic E-state index is 12.7. The van der Waals surface area contributed by atoms with Crippen LogP contribution in [0.15, 0.2) is 59.0 Å². The van der Waals surface area contributed by atoms with Gasteiger partial charge in [-0.2, -0.15) is 0 Å². The van der Waals surface area contributed by atoms with E-state index >= 15 is 0 Å². The van der Waals surface area contributed by atoms with Gasteiger partial charge in [-0.3, -0.25) is 0 Å². The van der Waals surface area contributed by atoms with Gasteiger partial charge in [0.2, 0.25) is 0 Å². The molecular formula is C19H21NO3S. The van der Waals surface area contributed by atoms with Crippen molar-refractivity contribution in [2.24, 2.45) is 0 Å². The molecule has 0 amide bonds. The molecule has 3 rings (SSSR count). The normalized spacial score (nSPS) is 16.8. The molecule has 0 saturated carbocycles. The summed E-state index contributed by atoms with van der Waals surface area (Å²) < 4.78 is 25.4. The molecule has 0 aromatic heterocycles. The van der Waals surface area contributed by atoms with E-state index in [9.17, 15) is 13.5 Å². The highest BCUT2D eigenvalue weighted by Gasteiger charge is 2.27. The monoisotopic (exact) mass is 343 g/mol. The highest BCUT2D eigenvalue weighted by atomic mass is 32.2. The van der Waals surface area contributed by atoms with Crippen molar-refractivity contribution >= 4 is 15.4 Å². The molecule has 2 aromatic carbocycles. The zero-order valence-corrected chi connectivity index (χ0v) is 14.7. The summed E-state index contributed by atoms with van der Waals surface area (Å²) in [5.41, 5.74) is 3.55. The molecule has 0 spiro atoms. The Hall–Kier alpha value is -2.11. The second-order valence-electron chi connectivity index (χ2n) is 6.33. The number of likely N-dealkylation sites (N-methyl/N-ethyl adjacent to an activating group) is 1. The SMILES string of the molecule is CN(C)CC1=C(c2cccc(O)c2)c2ccccc2S(=O)(=O)CC1. The molecule has 1 heterocycles. The Morgan fingerprint density at radius 3 is 2.54 bits per heavy atom. The van der Waals surface area contributed by atoms with Crippen molar-refractivity contribution in [1.82, 2.24) is 4.90 Å². The van der Waals surface area contributed by atoms with Gasteiger partial charge in [0.15, 0.2) is 9.84 Å². The highest BCUT2D eigenvalue weighted by molar-refractivity contribution is 7.91. The summed E-state index contributed by atoms with van der Waals surface area (Å²) in [6.07, 6.45) is 0.486. The fourth-order valence-electron chi connectivity index (χ4n) is 3.19. The first-order valence-electron chi connectivity index (χ1n) is 7.87. The molecule has 1 aliphatic heterocycles. The third kappa shape index (κ3) is 3.23. The average Bonchev–Trinajstić information content (AvgIpc) is 2.63. The van der Waals surface area contributed by atoms with Crippen LogP contribution in [0.25, 0.3) is 5.57 Å². The van der Waals surface area contributed by atoms with Gasteiger partial charge in [-0.15, -0.1) is 0 Å². The minimum Gasteiger partial charge on any atom is -0.508 e. The van der Waals surface area contributed by atoms with Crippen molar-refractivity contribution in [2.75, 3.05) is 26.4 Å². The predicted molar refractivity (Wildman–Crippen MR) is 95.8 cm³/mol. The highest BCUT2D eigenvalue weighted by Crippen LogP contribution is 2.37. The second kappa shape index (κ2) is 6.42. The van der Waals surface area contributed by atoms with Gasteiger partial charge < -0.3 is 10.0 Å². The molecule has 5 heteroatoms. The molecule has 0 aliphatic carbocycles. The van der Waals surface area contributed by atoms with E-state index < -0.39 is 9.84 Å². The van der Waals surface area contributed by atoms with Gasteiger partial charge in [-0.25, -0.2) is 8.42 Å². The van der Waals surface area contributed by atoms with E-state index in [2.05, 4.69) is 0 Å². The maximum atomic E-state index is 12.7. The van der Waals surface area contributed by atoms with Crippen LogP contribution in [-0.2, 0) is 9.84 Å². The fourth-order valence-corrected chi connectivity index (χ4v) is 4.71. The number of sulfone groups is 1. The number of rotatable bonds is 3. The first-order valence-corrected chi connectivity index (χ1v) is 9.52. The lowest BCUT2D eigenvalue weighted by Gasteiger charge is -2.18. The lowest BCUT2D eigenvalue weighted by atomic mass is 9.91. The quantitative estimate of drug-likeness (QED) is 0.931. The number of benzene rings is 2. The molecule has 4 nitrogen and oxygen atoms in total. The fraction of sp³-hybridized carbons (Fsp3) is 0.263. The number of hydrogen-bond acceptors (Lipinski definition) is 4. The van der Waals surface area contributed by atoms with Crippen LogP contribution in [0.1, 0.15) is 17.5 Å². The summed E-state index contributed by atoms with van der Waals surface area (Å²) in [5.74, 6) is 0.281. The summed E-state index contributed by atoms with van der Waals surface area (Å²) in [4.78, 5) is 2.41. The van der Waals surface area contributed by atoms with Crippen molar-refractivity contribution in [3.8, 4) is 5.75 Å². The van der Waals surface area contributed by atoms with Crippen LogP contribution in [0.3, 0.4) is 0 Å². The van der Waals surface area contributed by atoms with Crippen LogP contribution >= 0.6 is 0 Å². The van der Waals surface area contributed by atoms with Gasteiger partial charge in [0.05, 0.1) is 10.6 Å². The van der Waals surface area contributed by atoms with Crippen LogP contribution in [0, 0.1) is 0 Å². The Balaban J connectivity index is 2.32. The summed E-state index contributed by atoms with van der Waals surface area (Å²) in [7, 11) is 0.620. The van der Waals surface area contributed by atoms with Crippen LogP contribution in [0.4, 0.5) is 0 Å². The van der Waals surface area contributed by atoms with Gasteiger partial charge in [-0.1, -0.05) is 30.3 Å². The van der Waals surface area contributed by atoms with Crippen LogP contribution in [0.2, 0.25) is 0 Å². The van der Waals surface area contributed by atoms with E-state index in [1.165, 1.54) is 0 Å². The van der Waals surface area contributed by atoms with Gasteiger partial charge in [0.1, 0.15) is 5.75 Å². The number of aromatic hydroxyl groups is 1. The van der Waals surface area contributed by atoms with Crippen molar-refractivity contribution in [1.29, 1.82) is 0 Å². The minimum absolute atomic E-state index is 0.107. The molecule has 0 bridgehead atoms. The summed E-state index contributed by atoms with van der Waals surface area (Å²) in [5, 5.41) is 9.88. The molecule has 0 saturated heterocycles. The van der Waals surface area contributed by atoms with Gasteiger partial charge in [-0.05, 0) is 55.4 Å². The van der Waals surface area contributed by atoms with Gasteiger partial charge in [0, 0.05) is 12.1 Å². The third-order valence-electron chi connectivity index (χ3n) is 4.16. The molecule has 0 radical (unpaired) electrons. The lowest BCUT2D eigenvalue weighted by molar-refractivity contribution is 0.441. The van der Waals surface area contributed by atoms with Gasteiger partial charge in [0.25, 0.3) is 0 Å². The molecule has 0 atom stereocenters. The topological polar surface area (TPSA) is 57.6 Å². The van der Waals surface area contributed by atoms with Crippen LogP contribution < -0.4 is 0 Å². The summed E-state index contributed by atoms with van der Waals surface area (Å²) in [6, 6.07) is 14.2. The molecule has 1 aliphatic rings.